The van der Waals surface area contributed by atoms with Crippen molar-refractivity contribution in [2.24, 2.45) is 12.8 Å². The SMILES string of the molecule is Cc1cccc(CC(N)c2c(Cl)cnn2C)c1. The number of nitrogens with two attached hydrogens (primary N) is 1. The molecule has 2 aromatic rings. The summed E-state index contributed by atoms with van der Waals surface area (Å²) in [6.07, 6.45) is 2.40. The Morgan fingerprint density at radius 1 is 1.47 bits per heavy atom. The van der Waals surface area contributed by atoms with Gasteiger partial charge in [0.25, 0.3) is 0 Å². The first-order valence-electron chi connectivity index (χ1n) is 5.56. The zero-order valence-electron chi connectivity index (χ0n) is 10.0. The first-order valence-corrected chi connectivity index (χ1v) is 5.94. The van der Waals surface area contributed by atoms with Crippen LogP contribution in [0.1, 0.15) is 22.9 Å². The van der Waals surface area contributed by atoms with Crippen molar-refractivity contribution in [2.75, 3.05) is 0 Å². The Balaban J connectivity index is 2.20. The maximum atomic E-state index is 6.18. The summed E-state index contributed by atoms with van der Waals surface area (Å²) < 4.78 is 1.74. The van der Waals surface area contributed by atoms with Crippen LogP contribution in [0.25, 0.3) is 0 Å². The van der Waals surface area contributed by atoms with Gasteiger partial charge in [0.1, 0.15) is 0 Å². The van der Waals surface area contributed by atoms with Crippen LogP contribution in [0.4, 0.5) is 0 Å². The largest absolute Gasteiger partial charge is 0.322 e. The molecular weight excluding hydrogens is 234 g/mol. The number of nitrogens with zero attached hydrogens (tertiary/aromatic N) is 2. The minimum Gasteiger partial charge on any atom is -0.322 e. The average Bonchev–Trinajstić information content (AvgIpc) is 2.58. The fraction of sp³-hybridized carbons (Fsp3) is 0.308. The molecule has 17 heavy (non-hydrogen) atoms. The van der Waals surface area contributed by atoms with E-state index in [1.54, 1.807) is 10.9 Å². The summed E-state index contributed by atoms with van der Waals surface area (Å²) in [6.45, 7) is 2.08. The van der Waals surface area contributed by atoms with Gasteiger partial charge in [-0.2, -0.15) is 5.10 Å². The molecular formula is C13H16ClN3. The summed E-state index contributed by atoms with van der Waals surface area (Å²) in [5, 5.41) is 4.73. The molecule has 1 aromatic heterocycles. The topological polar surface area (TPSA) is 43.8 Å². The first-order chi connectivity index (χ1) is 8.08. The molecule has 1 aromatic carbocycles. The number of rotatable bonds is 3. The molecule has 4 heteroatoms. The van der Waals surface area contributed by atoms with Crippen LogP contribution in [-0.4, -0.2) is 9.78 Å². The van der Waals surface area contributed by atoms with Gasteiger partial charge in [0.05, 0.1) is 23.0 Å². The molecule has 0 aliphatic carbocycles. The van der Waals surface area contributed by atoms with E-state index in [0.29, 0.717) is 5.02 Å². The lowest BCUT2D eigenvalue weighted by Gasteiger charge is -2.13. The summed E-state index contributed by atoms with van der Waals surface area (Å²) in [4.78, 5) is 0. The molecule has 0 aliphatic heterocycles. The molecule has 0 saturated heterocycles. The zero-order chi connectivity index (χ0) is 12.4. The Hall–Kier alpha value is -1.32. The summed E-state index contributed by atoms with van der Waals surface area (Å²) in [5.74, 6) is 0. The third-order valence-corrected chi connectivity index (χ3v) is 3.12. The molecule has 2 N–H and O–H groups in total. The Morgan fingerprint density at radius 2 is 2.24 bits per heavy atom. The second-order valence-corrected chi connectivity index (χ2v) is 4.71. The van der Waals surface area contributed by atoms with Gasteiger partial charge >= 0.3 is 0 Å². The second-order valence-electron chi connectivity index (χ2n) is 4.30. The highest BCUT2D eigenvalue weighted by Gasteiger charge is 2.15. The lowest BCUT2D eigenvalue weighted by atomic mass is 10.0. The van der Waals surface area contributed by atoms with Crippen molar-refractivity contribution >= 4 is 11.6 Å². The van der Waals surface area contributed by atoms with Gasteiger partial charge in [-0.1, -0.05) is 41.4 Å². The normalized spacial score (nSPS) is 12.7. The summed E-state index contributed by atoms with van der Waals surface area (Å²) in [5.41, 5.74) is 9.52. The van der Waals surface area contributed by atoms with E-state index in [4.69, 9.17) is 17.3 Å². The fourth-order valence-corrected chi connectivity index (χ4v) is 2.33. The highest BCUT2D eigenvalue weighted by Crippen LogP contribution is 2.23. The van der Waals surface area contributed by atoms with E-state index >= 15 is 0 Å². The maximum Gasteiger partial charge on any atom is 0.0834 e. The molecule has 90 valence electrons. The smallest absolute Gasteiger partial charge is 0.0834 e. The van der Waals surface area contributed by atoms with E-state index < -0.39 is 0 Å². The summed E-state index contributed by atoms with van der Waals surface area (Å²) in [7, 11) is 1.86. The second kappa shape index (κ2) is 4.90. The Morgan fingerprint density at radius 3 is 2.82 bits per heavy atom. The van der Waals surface area contributed by atoms with Crippen molar-refractivity contribution < 1.29 is 0 Å². The molecule has 0 bridgehead atoms. The van der Waals surface area contributed by atoms with Gasteiger partial charge < -0.3 is 5.73 Å². The van der Waals surface area contributed by atoms with Crippen LogP contribution in [0, 0.1) is 6.92 Å². The maximum absolute atomic E-state index is 6.18. The molecule has 0 radical (unpaired) electrons. The van der Waals surface area contributed by atoms with Gasteiger partial charge in [-0.3, -0.25) is 4.68 Å². The van der Waals surface area contributed by atoms with Crippen LogP contribution in [0.15, 0.2) is 30.5 Å². The van der Waals surface area contributed by atoms with Crippen molar-refractivity contribution in [3.05, 3.63) is 52.3 Å². The van der Waals surface area contributed by atoms with E-state index in [1.165, 1.54) is 11.1 Å². The molecule has 1 atom stereocenters. The number of hydrogen-bond donors (Lipinski definition) is 1. The van der Waals surface area contributed by atoms with Crippen LogP contribution >= 0.6 is 11.6 Å². The molecule has 0 saturated carbocycles. The molecule has 3 nitrogen and oxygen atoms in total. The highest BCUT2D eigenvalue weighted by atomic mass is 35.5. The van der Waals surface area contributed by atoms with E-state index in [9.17, 15) is 0 Å². The number of hydrogen-bond acceptors (Lipinski definition) is 2. The Kier molecular flexibility index (Phi) is 3.50. The highest BCUT2D eigenvalue weighted by molar-refractivity contribution is 6.31. The van der Waals surface area contributed by atoms with Gasteiger partial charge in [-0.25, -0.2) is 0 Å². The van der Waals surface area contributed by atoms with Gasteiger partial charge in [0.2, 0.25) is 0 Å². The van der Waals surface area contributed by atoms with Gasteiger partial charge in [0, 0.05) is 7.05 Å². The molecule has 1 heterocycles. The van der Waals surface area contributed by atoms with E-state index in [1.807, 2.05) is 13.1 Å². The summed E-state index contributed by atoms with van der Waals surface area (Å²) in [6, 6.07) is 8.21. The predicted molar refractivity (Wildman–Crippen MR) is 70.0 cm³/mol. The number of benzene rings is 1. The van der Waals surface area contributed by atoms with Crippen molar-refractivity contribution in [1.29, 1.82) is 0 Å². The standard InChI is InChI=1S/C13H16ClN3/c1-9-4-3-5-10(6-9)7-12(15)13-11(14)8-16-17(13)2/h3-6,8,12H,7,15H2,1-2H3. The van der Waals surface area contributed by atoms with Crippen LogP contribution in [0.3, 0.4) is 0 Å². The average molecular weight is 250 g/mol. The van der Waals surface area contributed by atoms with Crippen molar-refractivity contribution in [3.63, 3.8) is 0 Å². The minimum absolute atomic E-state index is 0.128. The van der Waals surface area contributed by atoms with Crippen LogP contribution in [-0.2, 0) is 13.5 Å². The van der Waals surface area contributed by atoms with Gasteiger partial charge in [-0.15, -0.1) is 0 Å². The van der Waals surface area contributed by atoms with E-state index in [2.05, 4.69) is 30.2 Å². The van der Waals surface area contributed by atoms with Crippen LogP contribution in [0.2, 0.25) is 5.02 Å². The zero-order valence-corrected chi connectivity index (χ0v) is 10.8. The third kappa shape index (κ3) is 2.68. The van der Waals surface area contributed by atoms with Gasteiger partial charge in [0.15, 0.2) is 0 Å². The van der Waals surface area contributed by atoms with Crippen LogP contribution in [0.5, 0.6) is 0 Å². The minimum atomic E-state index is -0.128. The van der Waals surface area contributed by atoms with Crippen molar-refractivity contribution in [3.8, 4) is 0 Å². The molecule has 0 spiro atoms. The predicted octanol–water partition coefficient (Wildman–Crippen LogP) is 2.62. The van der Waals surface area contributed by atoms with Crippen LogP contribution < -0.4 is 5.73 Å². The number of aromatic nitrogens is 2. The Labute approximate surface area is 106 Å². The molecule has 0 fully saturated rings. The number of halogens is 1. The molecule has 2 rings (SSSR count). The lowest BCUT2D eigenvalue weighted by molar-refractivity contribution is 0.617. The quantitative estimate of drug-likeness (QED) is 0.909. The molecule has 0 amide bonds. The first kappa shape index (κ1) is 12.1. The molecule has 0 aliphatic rings. The van der Waals surface area contributed by atoms with Crippen molar-refractivity contribution in [2.45, 2.75) is 19.4 Å². The third-order valence-electron chi connectivity index (χ3n) is 2.83. The monoisotopic (exact) mass is 249 g/mol. The van der Waals surface area contributed by atoms with E-state index in [-0.39, 0.29) is 6.04 Å². The van der Waals surface area contributed by atoms with Crippen molar-refractivity contribution in [1.82, 2.24) is 9.78 Å². The Bertz CT molecular complexity index is 500. The number of aryl methyl sites for hydroxylation is 2. The molecule has 1 unspecified atom stereocenters. The van der Waals surface area contributed by atoms with Gasteiger partial charge in [-0.05, 0) is 18.9 Å². The van der Waals surface area contributed by atoms with E-state index in [0.717, 1.165) is 12.1 Å². The fourth-order valence-electron chi connectivity index (χ4n) is 2.03. The summed E-state index contributed by atoms with van der Waals surface area (Å²) >= 11 is 6.07. The lowest BCUT2D eigenvalue weighted by Crippen LogP contribution is -2.17.